The second-order valence-corrected chi connectivity index (χ2v) is 9.11. The molecule has 1 aromatic heterocycles. The zero-order chi connectivity index (χ0) is 22.7. The van der Waals surface area contributed by atoms with Gasteiger partial charge in [-0.15, -0.1) is 5.10 Å². The molecule has 9 heteroatoms. The van der Waals surface area contributed by atoms with Crippen LogP contribution in [0.3, 0.4) is 0 Å². The van der Waals surface area contributed by atoms with Crippen LogP contribution in [0.1, 0.15) is 19.9 Å². The van der Waals surface area contributed by atoms with Gasteiger partial charge in [-0.25, -0.2) is 13.1 Å². The summed E-state index contributed by atoms with van der Waals surface area (Å²) in [4.78, 5) is 0.00272. The van der Waals surface area contributed by atoms with Crippen molar-refractivity contribution in [2.45, 2.75) is 24.8 Å². The number of anilines is 1. The summed E-state index contributed by atoms with van der Waals surface area (Å²) in [5.74, 6) is 0.706. The van der Waals surface area contributed by atoms with Gasteiger partial charge in [-0.1, -0.05) is 42.5 Å². The van der Waals surface area contributed by atoms with Crippen LogP contribution in [0.25, 0.3) is 22.5 Å². The van der Waals surface area contributed by atoms with E-state index in [4.69, 9.17) is 4.74 Å². The van der Waals surface area contributed by atoms with Crippen LogP contribution >= 0.6 is 0 Å². The largest absolute Gasteiger partial charge is 0.495 e. The predicted octanol–water partition coefficient (Wildman–Crippen LogP) is 4.40. The zero-order valence-corrected chi connectivity index (χ0v) is 18.7. The summed E-state index contributed by atoms with van der Waals surface area (Å²) in [5.41, 5.74) is 3.07. The lowest BCUT2D eigenvalue weighted by molar-refractivity contribution is 0.403. The van der Waals surface area contributed by atoms with Gasteiger partial charge in [-0.3, -0.25) is 4.72 Å². The Kier molecular flexibility index (Phi) is 5.91. The maximum Gasteiger partial charge on any atom is 0.265 e. The molecule has 0 saturated heterocycles. The smallest absolute Gasteiger partial charge is 0.265 e. The molecule has 0 aliphatic rings. The van der Waals surface area contributed by atoms with Crippen molar-refractivity contribution in [3.8, 4) is 28.3 Å². The number of sulfonamides is 1. The number of nitrogens with one attached hydrogen (secondary N) is 1. The van der Waals surface area contributed by atoms with E-state index in [1.54, 1.807) is 28.9 Å². The fraction of sp³-hybridized carbons (Fsp3) is 0.174. The lowest BCUT2D eigenvalue weighted by Crippen LogP contribution is -2.14. The van der Waals surface area contributed by atoms with Crippen LogP contribution < -0.4 is 9.46 Å². The van der Waals surface area contributed by atoms with Crippen molar-refractivity contribution in [1.29, 1.82) is 0 Å². The molecule has 0 amide bonds. The van der Waals surface area contributed by atoms with E-state index < -0.39 is 10.0 Å². The Balaban J connectivity index is 1.66. The van der Waals surface area contributed by atoms with Crippen molar-refractivity contribution >= 4 is 15.7 Å². The molecule has 8 nitrogen and oxygen atoms in total. The molecule has 4 rings (SSSR count). The Morgan fingerprint density at radius 3 is 2.22 bits per heavy atom. The molecular weight excluding hydrogens is 426 g/mol. The van der Waals surface area contributed by atoms with Gasteiger partial charge in [0.15, 0.2) is 5.82 Å². The van der Waals surface area contributed by atoms with E-state index in [0.717, 1.165) is 11.1 Å². The number of aromatic nitrogens is 4. The molecule has 1 heterocycles. The summed E-state index contributed by atoms with van der Waals surface area (Å²) in [5, 5.41) is 11.8. The highest BCUT2D eigenvalue weighted by atomic mass is 32.2. The lowest BCUT2D eigenvalue weighted by Gasteiger charge is -2.14. The Morgan fingerprint density at radius 2 is 1.56 bits per heavy atom. The lowest BCUT2D eigenvalue weighted by atomic mass is 10.1. The standard InChI is InChI=1S/C23H23N5O3S/c1-16(2)28-23(24-26-27-28)19-11-14-21(31-3)22(15-19)32(29,30)25-20-12-9-18(10-13-20)17-7-5-4-6-8-17/h4-16,25H,1-3H3. The molecule has 0 spiro atoms. The Bertz CT molecular complexity index is 1320. The minimum Gasteiger partial charge on any atom is -0.495 e. The predicted molar refractivity (Wildman–Crippen MR) is 123 cm³/mol. The summed E-state index contributed by atoms with van der Waals surface area (Å²) in [6, 6.07) is 21.9. The molecule has 3 aromatic carbocycles. The van der Waals surface area contributed by atoms with Crippen LogP contribution in [-0.2, 0) is 10.0 Å². The second kappa shape index (κ2) is 8.80. The summed E-state index contributed by atoms with van der Waals surface area (Å²) in [6.07, 6.45) is 0. The van der Waals surface area contributed by atoms with E-state index in [1.165, 1.54) is 13.2 Å². The number of hydrogen-bond donors (Lipinski definition) is 1. The number of nitrogens with zero attached hydrogens (tertiary/aromatic N) is 4. The molecule has 0 radical (unpaired) electrons. The topological polar surface area (TPSA) is 99.0 Å². The molecule has 0 unspecified atom stereocenters. The first-order chi connectivity index (χ1) is 15.4. The minimum absolute atomic E-state index is 0.00272. The highest BCUT2D eigenvalue weighted by Crippen LogP contribution is 2.31. The van der Waals surface area contributed by atoms with Crippen molar-refractivity contribution < 1.29 is 13.2 Å². The quantitative estimate of drug-likeness (QED) is 0.449. The Labute approximate surface area is 186 Å². The zero-order valence-electron chi connectivity index (χ0n) is 17.9. The van der Waals surface area contributed by atoms with Gasteiger partial charge in [0.1, 0.15) is 10.6 Å². The van der Waals surface area contributed by atoms with E-state index in [-0.39, 0.29) is 16.7 Å². The number of hydrogen-bond acceptors (Lipinski definition) is 6. The van der Waals surface area contributed by atoms with Gasteiger partial charge in [0.2, 0.25) is 0 Å². The van der Waals surface area contributed by atoms with E-state index >= 15 is 0 Å². The third-order valence-corrected chi connectivity index (χ3v) is 6.34. The molecule has 1 N–H and O–H groups in total. The Hall–Kier alpha value is -3.72. The molecule has 0 aliphatic carbocycles. The highest BCUT2D eigenvalue weighted by Gasteiger charge is 2.22. The third kappa shape index (κ3) is 4.33. The van der Waals surface area contributed by atoms with Gasteiger partial charge < -0.3 is 4.74 Å². The molecule has 0 bridgehead atoms. The molecular formula is C23H23N5O3S. The van der Waals surface area contributed by atoms with E-state index in [0.29, 0.717) is 17.1 Å². The number of tetrazole rings is 1. The maximum atomic E-state index is 13.2. The monoisotopic (exact) mass is 449 g/mol. The molecule has 0 saturated carbocycles. The third-order valence-electron chi connectivity index (χ3n) is 4.94. The van der Waals surface area contributed by atoms with Gasteiger partial charge in [-0.2, -0.15) is 0 Å². The molecule has 0 aliphatic heterocycles. The van der Waals surface area contributed by atoms with Crippen LogP contribution in [0.4, 0.5) is 5.69 Å². The summed E-state index contributed by atoms with van der Waals surface area (Å²) in [7, 11) is -2.50. The van der Waals surface area contributed by atoms with Gasteiger partial charge in [0, 0.05) is 11.3 Å². The summed E-state index contributed by atoms with van der Waals surface area (Å²) >= 11 is 0. The van der Waals surface area contributed by atoms with Crippen LogP contribution in [-0.4, -0.2) is 35.7 Å². The van der Waals surface area contributed by atoms with E-state index in [1.807, 2.05) is 56.3 Å². The maximum absolute atomic E-state index is 13.2. The van der Waals surface area contributed by atoms with Crippen LogP contribution in [0.5, 0.6) is 5.75 Å². The minimum atomic E-state index is -3.93. The highest BCUT2D eigenvalue weighted by molar-refractivity contribution is 7.92. The van der Waals surface area contributed by atoms with Crippen LogP contribution in [0.2, 0.25) is 0 Å². The van der Waals surface area contributed by atoms with Crippen molar-refractivity contribution in [2.75, 3.05) is 11.8 Å². The van der Waals surface area contributed by atoms with Crippen LogP contribution in [0, 0.1) is 0 Å². The average Bonchev–Trinajstić information content (AvgIpc) is 3.30. The molecule has 4 aromatic rings. The first-order valence-corrected chi connectivity index (χ1v) is 11.5. The number of methoxy groups -OCH3 is 1. The van der Waals surface area contributed by atoms with Crippen LogP contribution in [0.15, 0.2) is 77.7 Å². The first kappa shape index (κ1) is 21.5. The van der Waals surface area contributed by atoms with Crippen molar-refractivity contribution in [3.63, 3.8) is 0 Å². The fourth-order valence-electron chi connectivity index (χ4n) is 3.33. The van der Waals surface area contributed by atoms with E-state index in [2.05, 4.69) is 20.2 Å². The average molecular weight is 450 g/mol. The molecule has 0 atom stereocenters. The second-order valence-electron chi connectivity index (χ2n) is 7.46. The van der Waals surface area contributed by atoms with Gasteiger partial charge in [0.05, 0.1) is 13.2 Å². The normalized spacial score (nSPS) is 11.5. The summed E-state index contributed by atoms with van der Waals surface area (Å²) in [6.45, 7) is 3.89. The number of rotatable bonds is 7. The first-order valence-electron chi connectivity index (χ1n) is 10.0. The van der Waals surface area contributed by atoms with Gasteiger partial charge in [-0.05, 0) is 65.7 Å². The SMILES string of the molecule is COc1ccc(-c2nnnn2C(C)C)cc1S(=O)(=O)Nc1ccc(-c2ccccc2)cc1. The fourth-order valence-corrected chi connectivity index (χ4v) is 4.58. The number of benzene rings is 3. The van der Waals surface area contributed by atoms with Crippen molar-refractivity contribution in [1.82, 2.24) is 20.2 Å². The molecule has 32 heavy (non-hydrogen) atoms. The van der Waals surface area contributed by atoms with Crippen molar-refractivity contribution in [3.05, 3.63) is 72.8 Å². The van der Waals surface area contributed by atoms with E-state index in [9.17, 15) is 8.42 Å². The Morgan fingerprint density at radius 1 is 0.906 bits per heavy atom. The van der Waals surface area contributed by atoms with Gasteiger partial charge in [0.25, 0.3) is 10.0 Å². The molecule has 164 valence electrons. The number of ether oxygens (including phenoxy) is 1. The summed E-state index contributed by atoms with van der Waals surface area (Å²) < 4.78 is 36.0. The van der Waals surface area contributed by atoms with Gasteiger partial charge >= 0.3 is 0 Å². The van der Waals surface area contributed by atoms with Crippen molar-refractivity contribution in [2.24, 2.45) is 0 Å². The molecule has 0 fully saturated rings.